The molecule has 8 heteroatoms. The van der Waals surface area contributed by atoms with E-state index in [1.54, 1.807) is 24.0 Å². The number of carbonyl (C=O) groups is 1. The summed E-state index contributed by atoms with van der Waals surface area (Å²) in [6.45, 7) is 4.70. The molecular formula is C21H23BrN4O3. The summed E-state index contributed by atoms with van der Waals surface area (Å²) in [7, 11) is 1.65. The second-order valence-corrected chi connectivity index (χ2v) is 8.12. The first-order chi connectivity index (χ1) is 14.0. The molecule has 0 radical (unpaired) electrons. The molecule has 4 rings (SSSR count). The molecule has 3 heterocycles. The van der Waals surface area contributed by atoms with E-state index in [2.05, 4.69) is 32.9 Å². The highest BCUT2D eigenvalue weighted by Gasteiger charge is 2.37. The van der Waals surface area contributed by atoms with E-state index in [-0.39, 0.29) is 24.0 Å². The van der Waals surface area contributed by atoms with E-state index in [1.165, 1.54) is 0 Å². The van der Waals surface area contributed by atoms with Crippen molar-refractivity contribution in [3.05, 3.63) is 52.9 Å². The summed E-state index contributed by atoms with van der Waals surface area (Å²) in [5, 5.41) is 4.23. The number of nitrogens with zero attached hydrogens (tertiary/aromatic N) is 4. The molecule has 1 unspecified atom stereocenters. The number of fused-ring (bicyclic) bond motifs is 1. The number of hydrogen-bond donors (Lipinski definition) is 0. The summed E-state index contributed by atoms with van der Waals surface area (Å²) < 4.78 is 13.8. The van der Waals surface area contributed by atoms with Gasteiger partial charge in [-0.25, -0.2) is 9.50 Å². The number of amides is 1. The third kappa shape index (κ3) is 3.94. The monoisotopic (exact) mass is 458 g/mol. The van der Waals surface area contributed by atoms with Gasteiger partial charge in [0.15, 0.2) is 0 Å². The molecule has 1 fully saturated rings. The second-order valence-electron chi connectivity index (χ2n) is 7.31. The van der Waals surface area contributed by atoms with Crippen LogP contribution in [0, 0.1) is 5.92 Å². The summed E-state index contributed by atoms with van der Waals surface area (Å²) >= 11 is 3.39. The van der Waals surface area contributed by atoms with Crippen LogP contribution in [0.25, 0.3) is 5.52 Å². The van der Waals surface area contributed by atoms with Crippen LogP contribution < -0.4 is 9.47 Å². The van der Waals surface area contributed by atoms with Gasteiger partial charge in [-0.05, 0) is 53.5 Å². The van der Waals surface area contributed by atoms with E-state index in [0.717, 1.165) is 16.8 Å². The first-order valence-electron chi connectivity index (χ1n) is 9.56. The molecule has 3 aromatic rings. The Bertz CT molecular complexity index is 1020. The minimum Gasteiger partial charge on any atom is -0.497 e. The topological polar surface area (TPSA) is 69.0 Å². The van der Waals surface area contributed by atoms with Crippen LogP contribution in [0.15, 0.2) is 47.3 Å². The van der Waals surface area contributed by atoms with Crippen LogP contribution in [0.2, 0.25) is 0 Å². The molecule has 1 aliphatic heterocycles. The highest BCUT2D eigenvalue weighted by Crippen LogP contribution is 2.32. The molecule has 152 valence electrons. The molecule has 7 nitrogen and oxygen atoms in total. The average molecular weight is 459 g/mol. The van der Waals surface area contributed by atoms with Crippen LogP contribution >= 0.6 is 15.9 Å². The maximum Gasteiger partial charge on any atom is 0.241 e. The number of benzene rings is 1. The van der Waals surface area contributed by atoms with Gasteiger partial charge in [0.25, 0.3) is 0 Å². The Kier molecular flexibility index (Phi) is 5.45. The first kappa shape index (κ1) is 19.7. The molecule has 1 amide bonds. The molecule has 0 N–H and O–H groups in total. The van der Waals surface area contributed by atoms with Crippen molar-refractivity contribution in [3.8, 4) is 11.6 Å². The fourth-order valence-electron chi connectivity index (χ4n) is 3.74. The summed E-state index contributed by atoms with van der Waals surface area (Å²) in [5.74, 6) is 1.55. The number of ether oxygens (including phenoxy) is 2. The van der Waals surface area contributed by atoms with E-state index in [0.29, 0.717) is 23.4 Å². The van der Waals surface area contributed by atoms with Crippen molar-refractivity contribution in [1.82, 2.24) is 19.5 Å². The number of halogens is 1. The molecule has 29 heavy (non-hydrogen) atoms. The van der Waals surface area contributed by atoms with Crippen molar-refractivity contribution >= 4 is 27.4 Å². The Labute approximate surface area is 177 Å². The van der Waals surface area contributed by atoms with E-state index < -0.39 is 0 Å². The van der Waals surface area contributed by atoms with Crippen molar-refractivity contribution in [2.45, 2.75) is 32.4 Å². The van der Waals surface area contributed by atoms with Crippen molar-refractivity contribution in [1.29, 1.82) is 0 Å². The Morgan fingerprint density at radius 2 is 1.97 bits per heavy atom. The van der Waals surface area contributed by atoms with Gasteiger partial charge in [-0.2, -0.15) is 5.10 Å². The minimum atomic E-state index is -0.160. The number of carbonyl (C=O) groups excluding carboxylic acids is 1. The predicted octanol–water partition coefficient (Wildman–Crippen LogP) is 3.88. The minimum absolute atomic E-state index is 0.00358. The standard InChI is InChI=1S/C21H23BrN4O3/c1-13(15-4-6-17(28-3)7-5-15)25-11-16(10-20(25)27)14(2)29-21-18-8-9-23-26(18)12-19(22)24-21/h4-9,12-14,16H,10-11H2,1-3H3/t13-,14-,16?/m1/s1. The molecule has 0 saturated carbocycles. The van der Waals surface area contributed by atoms with Crippen LogP contribution in [-0.4, -0.2) is 45.2 Å². The fourth-order valence-corrected chi connectivity index (χ4v) is 4.10. The third-order valence-electron chi connectivity index (χ3n) is 5.54. The van der Waals surface area contributed by atoms with Gasteiger partial charge in [0, 0.05) is 18.9 Å². The molecule has 1 aliphatic rings. The van der Waals surface area contributed by atoms with Gasteiger partial charge in [-0.3, -0.25) is 4.79 Å². The average Bonchev–Trinajstić information content (AvgIpc) is 3.34. The molecule has 1 saturated heterocycles. The van der Waals surface area contributed by atoms with Gasteiger partial charge in [0.2, 0.25) is 11.8 Å². The van der Waals surface area contributed by atoms with Crippen molar-refractivity contribution in [2.75, 3.05) is 13.7 Å². The lowest BCUT2D eigenvalue weighted by Crippen LogP contribution is -2.31. The Hall–Kier alpha value is -2.61. The maximum atomic E-state index is 12.7. The molecule has 0 bridgehead atoms. The smallest absolute Gasteiger partial charge is 0.241 e. The Balaban J connectivity index is 1.47. The number of rotatable bonds is 6. The van der Waals surface area contributed by atoms with E-state index in [4.69, 9.17) is 9.47 Å². The zero-order valence-electron chi connectivity index (χ0n) is 16.6. The first-order valence-corrected chi connectivity index (χ1v) is 10.4. The van der Waals surface area contributed by atoms with Crippen molar-refractivity contribution in [2.24, 2.45) is 5.92 Å². The Morgan fingerprint density at radius 3 is 2.69 bits per heavy atom. The summed E-state index contributed by atoms with van der Waals surface area (Å²) in [5.41, 5.74) is 1.89. The second kappa shape index (κ2) is 8.02. The summed E-state index contributed by atoms with van der Waals surface area (Å²) in [4.78, 5) is 19.1. The zero-order chi connectivity index (χ0) is 20.5. The van der Waals surface area contributed by atoms with Crippen molar-refractivity contribution in [3.63, 3.8) is 0 Å². The number of aromatic nitrogens is 3. The largest absolute Gasteiger partial charge is 0.497 e. The van der Waals surface area contributed by atoms with Crippen LogP contribution in [0.1, 0.15) is 31.9 Å². The van der Waals surface area contributed by atoms with Gasteiger partial charge in [0.05, 0.1) is 25.5 Å². The quantitative estimate of drug-likeness (QED) is 0.560. The molecular weight excluding hydrogens is 436 g/mol. The van der Waals surface area contributed by atoms with E-state index in [9.17, 15) is 4.79 Å². The normalized spacial score (nSPS) is 18.8. The lowest BCUT2D eigenvalue weighted by molar-refractivity contribution is -0.129. The SMILES string of the molecule is COc1ccc([C@@H](C)N2CC([C@@H](C)Oc3nc(Br)cn4nccc34)CC2=O)cc1. The maximum absolute atomic E-state index is 12.7. The van der Waals surface area contributed by atoms with Gasteiger partial charge >= 0.3 is 0 Å². The van der Waals surface area contributed by atoms with E-state index in [1.807, 2.05) is 42.2 Å². The Morgan fingerprint density at radius 1 is 1.21 bits per heavy atom. The van der Waals surface area contributed by atoms with Gasteiger partial charge in [0.1, 0.15) is 22.0 Å². The predicted molar refractivity (Wildman–Crippen MR) is 112 cm³/mol. The van der Waals surface area contributed by atoms with Crippen LogP contribution in [-0.2, 0) is 4.79 Å². The van der Waals surface area contributed by atoms with Crippen LogP contribution in [0.4, 0.5) is 0 Å². The third-order valence-corrected chi connectivity index (χ3v) is 5.92. The number of hydrogen-bond acceptors (Lipinski definition) is 5. The van der Waals surface area contributed by atoms with Crippen LogP contribution in [0.3, 0.4) is 0 Å². The van der Waals surface area contributed by atoms with Gasteiger partial charge in [-0.1, -0.05) is 12.1 Å². The van der Waals surface area contributed by atoms with E-state index >= 15 is 0 Å². The van der Waals surface area contributed by atoms with Crippen molar-refractivity contribution < 1.29 is 14.3 Å². The number of methoxy groups -OCH3 is 1. The lowest BCUT2D eigenvalue weighted by atomic mass is 10.0. The molecule has 1 aromatic carbocycles. The fraction of sp³-hybridized carbons (Fsp3) is 0.381. The molecule has 3 atom stereocenters. The molecule has 0 spiro atoms. The number of likely N-dealkylation sites (tertiary alicyclic amines) is 1. The summed E-state index contributed by atoms with van der Waals surface area (Å²) in [6.07, 6.45) is 3.79. The lowest BCUT2D eigenvalue weighted by Gasteiger charge is -2.26. The molecule has 2 aromatic heterocycles. The van der Waals surface area contributed by atoms with Gasteiger partial charge < -0.3 is 14.4 Å². The highest BCUT2D eigenvalue weighted by atomic mass is 79.9. The van der Waals surface area contributed by atoms with Crippen LogP contribution in [0.5, 0.6) is 11.6 Å². The molecule has 0 aliphatic carbocycles. The highest BCUT2D eigenvalue weighted by molar-refractivity contribution is 9.10. The summed E-state index contributed by atoms with van der Waals surface area (Å²) in [6, 6.07) is 9.71. The van der Waals surface area contributed by atoms with Gasteiger partial charge in [-0.15, -0.1) is 0 Å². The zero-order valence-corrected chi connectivity index (χ0v) is 18.2.